The minimum Gasteiger partial charge on any atom is -0.386 e. The molecule has 6 heteroatoms. The summed E-state index contributed by atoms with van der Waals surface area (Å²) in [6.07, 6.45) is 4.61. The van der Waals surface area contributed by atoms with Crippen LogP contribution in [0.1, 0.15) is 107 Å². The van der Waals surface area contributed by atoms with E-state index in [1.807, 2.05) is 13.0 Å². The van der Waals surface area contributed by atoms with Crippen LogP contribution in [0.25, 0.3) is 0 Å². The molecule has 3 unspecified atom stereocenters. The summed E-state index contributed by atoms with van der Waals surface area (Å²) in [7, 11) is 0. The molecule has 3 heterocycles. The summed E-state index contributed by atoms with van der Waals surface area (Å²) in [5, 5.41) is 28.1. The van der Waals surface area contributed by atoms with Gasteiger partial charge in [0.15, 0.2) is 5.78 Å². The molecule has 6 nitrogen and oxygen atoms in total. The van der Waals surface area contributed by atoms with E-state index in [4.69, 9.17) is 9.47 Å². The van der Waals surface area contributed by atoms with E-state index in [-0.39, 0.29) is 47.0 Å². The molecule has 9 rings (SSSR count). The van der Waals surface area contributed by atoms with E-state index in [0.29, 0.717) is 30.0 Å². The first kappa shape index (κ1) is 27.3. The monoisotopic (exact) mass is 585 g/mol. The summed E-state index contributed by atoms with van der Waals surface area (Å²) in [6, 6.07) is 4.34. The first-order valence-corrected chi connectivity index (χ1v) is 16.8. The highest BCUT2D eigenvalue weighted by atomic mass is 16.5. The van der Waals surface area contributed by atoms with E-state index in [2.05, 4.69) is 58.6 Å². The van der Waals surface area contributed by atoms with Gasteiger partial charge in [0.25, 0.3) is 0 Å². The van der Waals surface area contributed by atoms with Crippen LogP contribution in [0.15, 0.2) is 35.9 Å². The summed E-state index contributed by atoms with van der Waals surface area (Å²) in [5.41, 5.74) is 4.30. The lowest BCUT2D eigenvalue weighted by Gasteiger charge is -2.66. The number of rotatable bonds is 1. The number of hydrogen-bond donors (Lipinski definition) is 3. The number of fused-ring (bicyclic) bond motifs is 7. The number of aliphatic hydroxyl groups excluding tert-OH is 1. The topological polar surface area (TPSA) is 88.0 Å². The Morgan fingerprint density at radius 1 is 1.07 bits per heavy atom. The molecule has 0 saturated heterocycles. The molecule has 0 radical (unpaired) electrons. The van der Waals surface area contributed by atoms with E-state index in [1.165, 1.54) is 16.8 Å². The molecule has 4 fully saturated rings. The molecule has 0 bridgehead atoms. The fourth-order valence-electron chi connectivity index (χ4n) is 12.6. The smallest absolute Gasteiger partial charge is 0.166 e. The lowest BCUT2D eigenvalue weighted by atomic mass is 9.42. The number of carbonyl (C=O) groups excluding carboxylic acids is 1. The minimum absolute atomic E-state index is 0.00812. The molecule has 0 spiro atoms. The number of ketones is 1. The zero-order chi connectivity index (χ0) is 30.2. The van der Waals surface area contributed by atoms with Gasteiger partial charge in [-0.25, -0.2) is 0 Å². The number of aliphatic hydroxyl groups is 2. The molecule has 43 heavy (non-hydrogen) atoms. The highest BCUT2D eigenvalue weighted by Crippen LogP contribution is 2.76. The van der Waals surface area contributed by atoms with Gasteiger partial charge in [0.1, 0.15) is 12.2 Å². The number of anilines is 1. The molecule has 14 atom stereocenters. The summed E-state index contributed by atoms with van der Waals surface area (Å²) in [4.78, 5) is 13.8. The maximum absolute atomic E-state index is 13.8. The lowest BCUT2D eigenvalue weighted by molar-refractivity contribution is -0.228. The van der Waals surface area contributed by atoms with Crippen molar-refractivity contribution >= 4 is 11.5 Å². The highest BCUT2D eigenvalue weighted by Gasteiger charge is 2.77. The van der Waals surface area contributed by atoms with Gasteiger partial charge >= 0.3 is 0 Å². The van der Waals surface area contributed by atoms with Crippen LogP contribution in [0, 0.1) is 34.5 Å². The largest absolute Gasteiger partial charge is 0.386 e. The van der Waals surface area contributed by atoms with Crippen LogP contribution in [0.5, 0.6) is 0 Å². The van der Waals surface area contributed by atoms with E-state index < -0.39 is 23.2 Å². The molecule has 1 aromatic carbocycles. The van der Waals surface area contributed by atoms with Crippen molar-refractivity contribution < 1.29 is 24.5 Å². The lowest BCUT2D eigenvalue weighted by Crippen LogP contribution is -2.69. The van der Waals surface area contributed by atoms with Crippen LogP contribution in [0.3, 0.4) is 0 Å². The van der Waals surface area contributed by atoms with Gasteiger partial charge in [-0.1, -0.05) is 27.4 Å². The molecule has 0 amide bonds. The van der Waals surface area contributed by atoms with E-state index in [0.717, 1.165) is 42.4 Å². The van der Waals surface area contributed by atoms with Crippen molar-refractivity contribution in [2.24, 2.45) is 34.5 Å². The average molecular weight is 586 g/mol. The van der Waals surface area contributed by atoms with Crippen molar-refractivity contribution in [1.29, 1.82) is 0 Å². The predicted molar refractivity (Wildman–Crippen MR) is 164 cm³/mol. The Hall–Kier alpha value is -1.99. The van der Waals surface area contributed by atoms with Crippen molar-refractivity contribution in [2.75, 3.05) is 5.32 Å². The van der Waals surface area contributed by atoms with Gasteiger partial charge in [-0.15, -0.1) is 0 Å². The fourth-order valence-corrected chi connectivity index (χ4v) is 12.6. The Labute approximate surface area is 255 Å². The van der Waals surface area contributed by atoms with Crippen molar-refractivity contribution in [3.63, 3.8) is 0 Å². The first-order valence-electron chi connectivity index (χ1n) is 16.8. The number of benzene rings is 1. The molecule has 3 aliphatic heterocycles. The summed E-state index contributed by atoms with van der Waals surface area (Å²) in [5.74, 6) is 1.90. The van der Waals surface area contributed by atoms with Crippen LogP contribution < -0.4 is 5.32 Å². The Bertz CT molecular complexity index is 1530. The minimum atomic E-state index is -1.09. The number of hydrogen-bond acceptors (Lipinski definition) is 6. The third kappa shape index (κ3) is 2.87. The summed E-state index contributed by atoms with van der Waals surface area (Å²) in [6.45, 7) is 17.4. The van der Waals surface area contributed by atoms with Crippen LogP contribution in [0.2, 0.25) is 0 Å². The van der Waals surface area contributed by atoms with Crippen molar-refractivity contribution in [1.82, 2.24) is 0 Å². The fraction of sp³-hybridized carbons (Fsp3) is 0.703. The number of nitrogens with one attached hydrogen (secondary N) is 1. The third-order valence-electron chi connectivity index (χ3n) is 15.0. The standard InChI is InChI=1S/C37H47NO5/c1-16(2)31-24(39)15-21-25(42-31)11-12-35(6)36(7)20(10-13-37(21,35)41)32-29-28-23(38-33(29)36)9-8-18-27(28)26-19(17(3)30(18)40)14-22(26)34(4,5)43-32/h8-9,15,17,19-20,22,24-26,29,31-33,38-39,41H,1,10-14H2,2-7H3/t17?,19-,20+,22+,24-,25+,26+,29?,31-,32+,33?,35-,36-,37-/m1/s1. The van der Waals surface area contributed by atoms with Gasteiger partial charge in [-0.3, -0.25) is 4.79 Å². The van der Waals surface area contributed by atoms with E-state index in [9.17, 15) is 15.0 Å². The Kier molecular flexibility index (Phi) is 5.11. The van der Waals surface area contributed by atoms with Crippen LogP contribution in [0.4, 0.5) is 5.69 Å². The second kappa shape index (κ2) is 8.04. The molecule has 4 saturated carbocycles. The molecule has 8 aliphatic rings. The Balaban J connectivity index is 1.22. The number of Topliss-reactive ketones (excluding diaryl/α,β-unsaturated/α-hetero) is 1. The van der Waals surface area contributed by atoms with Crippen molar-refractivity contribution in [3.8, 4) is 0 Å². The first-order chi connectivity index (χ1) is 20.2. The van der Waals surface area contributed by atoms with Crippen LogP contribution >= 0.6 is 0 Å². The quantitative estimate of drug-likeness (QED) is 0.357. The molecule has 1 aromatic rings. The summed E-state index contributed by atoms with van der Waals surface area (Å²) >= 11 is 0. The highest BCUT2D eigenvalue weighted by molar-refractivity contribution is 6.02. The van der Waals surface area contributed by atoms with Gasteiger partial charge in [-0.05, 0) is 117 Å². The zero-order valence-corrected chi connectivity index (χ0v) is 26.4. The van der Waals surface area contributed by atoms with Gasteiger partial charge in [-0.2, -0.15) is 0 Å². The molecule has 0 aromatic heterocycles. The van der Waals surface area contributed by atoms with Gasteiger partial charge in [0.05, 0.1) is 23.4 Å². The second-order valence-electron chi connectivity index (χ2n) is 16.7. The molecular weight excluding hydrogens is 538 g/mol. The molecular formula is C37H47NO5. The van der Waals surface area contributed by atoms with Gasteiger partial charge in [0, 0.05) is 40.0 Å². The van der Waals surface area contributed by atoms with E-state index >= 15 is 0 Å². The predicted octanol–water partition coefficient (Wildman–Crippen LogP) is 5.89. The summed E-state index contributed by atoms with van der Waals surface area (Å²) < 4.78 is 13.9. The van der Waals surface area contributed by atoms with Crippen molar-refractivity contribution in [3.05, 3.63) is 52.6 Å². The maximum Gasteiger partial charge on any atom is 0.166 e. The van der Waals surface area contributed by atoms with Gasteiger partial charge in [0.2, 0.25) is 0 Å². The average Bonchev–Trinajstić information content (AvgIpc) is 3.41. The normalized spacial score (nSPS) is 52.7. The third-order valence-corrected chi connectivity index (χ3v) is 15.0. The molecule has 3 N–H and O–H groups in total. The Morgan fingerprint density at radius 2 is 1.84 bits per heavy atom. The number of carbonyl (C=O) groups is 1. The maximum atomic E-state index is 13.8. The van der Waals surface area contributed by atoms with Crippen LogP contribution in [-0.4, -0.2) is 57.7 Å². The van der Waals surface area contributed by atoms with Crippen LogP contribution in [-0.2, 0) is 9.47 Å². The van der Waals surface area contributed by atoms with Gasteiger partial charge < -0.3 is 25.0 Å². The van der Waals surface area contributed by atoms with E-state index in [1.54, 1.807) is 0 Å². The SMILES string of the molecule is C=C(C)[C@H]1O[C@H]2CC[C@@]3(C)[C@@](O)(CC[C@H]4[C@@H]5OC(C)(C)[C@H]6C[C@@H]7C(C)C(=O)c8ccc9c(c8[C@@H]76)C5C(N9)[C@@]43C)C2=C[C@H]1O. The number of ether oxygens (including phenoxy) is 2. The molecule has 230 valence electrons. The van der Waals surface area contributed by atoms with Crippen molar-refractivity contribution in [2.45, 2.75) is 127 Å². The Morgan fingerprint density at radius 3 is 2.58 bits per heavy atom. The second-order valence-corrected chi connectivity index (χ2v) is 16.7. The zero-order valence-electron chi connectivity index (χ0n) is 26.4. The molecule has 5 aliphatic carbocycles.